The first-order valence-electron chi connectivity index (χ1n) is 8.92. The summed E-state index contributed by atoms with van der Waals surface area (Å²) in [6, 6.07) is 6.03. The standard InChI is InChI=1S/C18H25N5O/c1-13-5-4-6-14-15(13)21-17(20-14)22-16(24)18(7-2-3-8-18)23-11-9-19-10-12-23/h4-6,19H,2-3,7-12H2,1H3,(H2,20,21,22,24). The molecule has 2 aromatic rings. The summed E-state index contributed by atoms with van der Waals surface area (Å²) in [6.45, 7) is 5.82. The number of amides is 1. The number of carbonyl (C=O) groups is 1. The molecule has 0 radical (unpaired) electrons. The average molecular weight is 327 g/mol. The molecule has 0 atom stereocenters. The number of hydrogen-bond acceptors (Lipinski definition) is 4. The van der Waals surface area contributed by atoms with Crippen molar-refractivity contribution in [3.05, 3.63) is 23.8 Å². The molecule has 2 aliphatic rings. The maximum absolute atomic E-state index is 13.2. The van der Waals surface area contributed by atoms with Crippen LogP contribution in [0.2, 0.25) is 0 Å². The molecule has 1 amide bonds. The molecule has 0 spiro atoms. The van der Waals surface area contributed by atoms with Crippen LogP contribution in [-0.2, 0) is 4.79 Å². The highest BCUT2D eigenvalue weighted by Gasteiger charge is 2.46. The van der Waals surface area contributed by atoms with E-state index in [1.165, 1.54) is 0 Å². The van der Waals surface area contributed by atoms with E-state index < -0.39 is 0 Å². The Morgan fingerprint density at radius 2 is 2.00 bits per heavy atom. The van der Waals surface area contributed by atoms with Gasteiger partial charge in [0.1, 0.15) is 5.54 Å². The summed E-state index contributed by atoms with van der Waals surface area (Å²) in [6.07, 6.45) is 4.13. The van der Waals surface area contributed by atoms with Gasteiger partial charge in [-0.3, -0.25) is 15.0 Å². The summed E-state index contributed by atoms with van der Waals surface area (Å²) in [4.78, 5) is 23.4. The Morgan fingerprint density at radius 1 is 1.25 bits per heavy atom. The third-order valence-electron chi connectivity index (χ3n) is 5.52. The normalized spacial score (nSPS) is 21.2. The van der Waals surface area contributed by atoms with Crippen molar-refractivity contribution in [3.8, 4) is 0 Å². The molecule has 1 aliphatic carbocycles. The minimum Gasteiger partial charge on any atom is -0.324 e. The van der Waals surface area contributed by atoms with Gasteiger partial charge in [-0.2, -0.15) is 0 Å². The molecule has 128 valence electrons. The van der Waals surface area contributed by atoms with Gasteiger partial charge in [-0.1, -0.05) is 25.0 Å². The van der Waals surface area contributed by atoms with E-state index in [9.17, 15) is 4.79 Å². The van der Waals surface area contributed by atoms with Crippen molar-refractivity contribution in [3.63, 3.8) is 0 Å². The van der Waals surface area contributed by atoms with Crippen LogP contribution in [0.4, 0.5) is 5.95 Å². The van der Waals surface area contributed by atoms with E-state index in [2.05, 4.69) is 25.5 Å². The lowest BCUT2D eigenvalue weighted by Crippen LogP contribution is -2.60. The number of aryl methyl sites for hydroxylation is 1. The highest BCUT2D eigenvalue weighted by molar-refractivity contribution is 5.98. The van der Waals surface area contributed by atoms with Gasteiger partial charge in [0.05, 0.1) is 11.0 Å². The van der Waals surface area contributed by atoms with Gasteiger partial charge < -0.3 is 10.3 Å². The Kier molecular flexibility index (Phi) is 4.02. The molecule has 0 bridgehead atoms. The van der Waals surface area contributed by atoms with Gasteiger partial charge in [-0.25, -0.2) is 4.98 Å². The Bertz CT molecular complexity index is 741. The van der Waals surface area contributed by atoms with Crippen LogP contribution < -0.4 is 10.6 Å². The Hall–Kier alpha value is -1.92. The Morgan fingerprint density at radius 3 is 2.71 bits per heavy atom. The lowest BCUT2D eigenvalue weighted by atomic mass is 9.93. The van der Waals surface area contributed by atoms with Crippen molar-refractivity contribution in [2.24, 2.45) is 0 Å². The number of para-hydroxylation sites is 1. The topological polar surface area (TPSA) is 73.1 Å². The largest absolute Gasteiger partial charge is 0.324 e. The maximum Gasteiger partial charge on any atom is 0.247 e. The number of piperazine rings is 1. The number of nitrogens with one attached hydrogen (secondary N) is 3. The van der Waals surface area contributed by atoms with Crippen molar-refractivity contribution in [1.82, 2.24) is 20.2 Å². The lowest BCUT2D eigenvalue weighted by Gasteiger charge is -2.42. The third-order valence-corrected chi connectivity index (χ3v) is 5.52. The number of aromatic nitrogens is 2. The monoisotopic (exact) mass is 327 g/mol. The van der Waals surface area contributed by atoms with Crippen LogP contribution in [0.25, 0.3) is 11.0 Å². The first-order valence-corrected chi connectivity index (χ1v) is 8.92. The van der Waals surface area contributed by atoms with E-state index >= 15 is 0 Å². The van der Waals surface area contributed by atoms with Crippen molar-refractivity contribution in [2.45, 2.75) is 38.1 Å². The van der Waals surface area contributed by atoms with E-state index in [1.54, 1.807) is 0 Å². The number of carbonyl (C=O) groups excluding carboxylic acids is 1. The zero-order valence-corrected chi connectivity index (χ0v) is 14.2. The van der Waals surface area contributed by atoms with Crippen LogP contribution in [0.5, 0.6) is 0 Å². The van der Waals surface area contributed by atoms with E-state index in [0.717, 1.165) is 68.5 Å². The number of imidazole rings is 1. The van der Waals surface area contributed by atoms with Gasteiger partial charge in [-0.05, 0) is 31.4 Å². The number of nitrogens with zero attached hydrogens (tertiary/aromatic N) is 2. The molecule has 24 heavy (non-hydrogen) atoms. The van der Waals surface area contributed by atoms with Gasteiger partial charge in [0, 0.05) is 26.2 Å². The summed E-state index contributed by atoms with van der Waals surface area (Å²) in [7, 11) is 0. The van der Waals surface area contributed by atoms with Crippen LogP contribution in [0.15, 0.2) is 18.2 Å². The minimum atomic E-state index is -0.365. The van der Waals surface area contributed by atoms with Crippen molar-refractivity contribution in [1.29, 1.82) is 0 Å². The molecule has 1 aliphatic heterocycles. The van der Waals surface area contributed by atoms with Crippen LogP contribution >= 0.6 is 0 Å². The highest BCUT2D eigenvalue weighted by Crippen LogP contribution is 2.36. The number of fused-ring (bicyclic) bond motifs is 1. The Labute approximate surface area is 142 Å². The number of H-pyrrole nitrogens is 1. The molecular formula is C18H25N5O. The van der Waals surface area contributed by atoms with E-state index in [0.29, 0.717) is 5.95 Å². The zero-order chi connectivity index (χ0) is 16.6. The van der Waals surface area contributed by atoms with Crippen molar-refractivity contribution < 1.29 is 4.79 Å². The molecule has 4 rings (SSSR count). The maximum atomic E-state index is 13.2. The molecule has 1 aromatic heterocycles. The second-order valence-electron chi connectivity index (χ2n) is 6.99. The molecule has 0 unspecified atom stereocenters. The molecule has 1 saturated carbocycles. The lowest BCUT2D eigenvalue weighted by molar-refractivity contribution is -0.128. The summed E-state index contributed by atoms with van der Waals surface area (Å²) >= 11 is 0. The van der Waals surface area contributed by atoms with Gasteiger partial charge >= 0.3 is 0 Å². The summed E-state index contributed by atoms with van der Waals surface area (Å²) in [5.41, 5.74) is 2.64. The second kappa shape index (κ2) is 6.18. The third kappa shape index (κ3) is 2.59. The molecule has 2 heterocycles. The van der Waals surface area contributed by atoms with Crippen molar-refractivity contribution in [2.75, 3.05) is 31.5 Å². The van der Waals surface area contributed by atoms with Crippen LogP contribution in [0, 0.1) is 6.92 Å². The van der Waals surface area contributed by atoms with Gasteiger partial charge in [0.2, 0.25) is 11.9 Å². The first-order chi connectivity index (χ1) is 11.7. The number of anilines is 1. The fourth-order valence-corrected chi connectivity index (χ4v) is 4.20. The molecule has 6 heteroatoms. The van der Waals surface area contributed by atoms with E-state index in [4.69, 9.17) is 0 Å². The summed E-state index contributed by atoms with van der Waals surface area (Å²) in [5, 5.41) is 6.45. The molecular weight excluding hydrogens is 302 g/mol. The SMILES string of the molecule is Cc1cccc2[nH]c(NC(=O)C3(N4CCNCC4)CCCC3)nc12. The number of hydrogen-bond donors (Lipinski definition) is 3. The highest BCUT2D eigenvalue weighted by atomic mass is 16.2. The zero-order valence-electron chi connectivity index (χ0n) is 14.2. The smallest absolute Gasteiger partial charge is 0.247 e. The van der Waals surface area contributed by atoms with Gasteiger partial charge in [0.25, 0.3) is 0 Å². The fourth-order valence-electron chi connectivity index (χ4n) is 4.20. The number of rotatable bonds is 3. The van der Waals surface area contributed by atoms with Crippen LogP contribution in [0.1, 0.15) is 31.2 Å². The van der Waals surface area contributed by atoms with Crippen LogP contribution in [-0.4, -0.2) is 52.5 Å². The predicted octanol–water partition coefficient (Wildman–Crippen LogP) is 2.03. The van der Waals surface area contributed by atoms with Crippen molar-refractivity contribution >= 4 is 22.9 Å². The molecule has 1 saturated heterocycles. The summed E-state index contributed by atoms with van der Waals surface area (Å²) < 4.78 is 0. The second-order valence-corrected chi connectivity index (χ2v) is 6.99. The van der Waals surface area contributed by atoms with E-state index in [-0.39, 0.29) is 11.4 Å². The Balaban J connectivity index is 1.59. The molecule has 1 aromatic carbocycles. The quantitative estimate of drug-likeness (QED) is 0.806. The number of aromatic amines is 1. The molecule has 2 fully saturated rings. The summed E-state index contributed by atoms with van der Waals surface area (Å²) in [5.74, 6) is 0.657. The predicted molar refractivity (Wildman–Crippen MR) is 95.1 cm³/mol. The minimum absolute atomic E-state index is 0.0959. The van der Waals surface area contributed by atoms with Gasteiger partial charge in [0.15, 0.2) is 0 Å². The fraction of sp³-hybridized carbons (Fsp3) is 0.556. The average Bonchev–Trinajstić information content (AvgIpc) is 3.24. The van der Waals surface area contributed by atoms with Crippen LogP contribution in [0.3, 0.4) is 0 Å². The number of benzene rings is 1. The molecule has 3 N–H and O–H groups in total. The molecule has 6 nitrogen and oxygen atoms in total. The van der Waals surface area contributed by atoms with E-state index in [1.807, 2.05) is 25.1 Å². The first kappa shape index (κ1) is 15.6. The van der Waals surface area contributed by atoms with Gasteiger partial charge in [-0.15, -0.1) is 0 Å².